The Morgan fingerprint density at radius 3 is 2.60 bits per heavy atom. The zero-order valence-electron chi connectivity index (χ0n) is 18.0. The minimum absolute atomic E-state index is 0.00422. The molecule has 0 unspecified atom stereocenters. The van der Waals surface area contributed by atoms with E-state index < -0.39 is 11.9 Å². The van der Waals surface area contributed by atoms with Gasteiger partial charge in [0.2, 0.25) is 17.7 Å². The van der Waals surface area contributed by atoms with Crippen LogP contribution in [0.5, 0.6) is 0 Å². The summed E-state index contributed by atoms with van der Waals surface area (Å²) in [6, 6.07) is -0.908. The van der Waals surface area contributed by atoms with Crippen LogP contribution in [0.4, 0.5) is 0 Å². The van der Waals surface area contributed by atoms with Crippen molar-refractivity contribution < 1.29 is 24.3 Å². The van der Waals surface area contributed by atoms with Crippen LogP contribution >= 0.6 is 11.8 Å². The standard InChI is InChI=1S/C20H30N4O5S/c1-6-13(25)22-10(3)14-15-9(2)17(16(20(28)29)24(15)19(14)27)30-11-7-12(21-8-11)18(26)23(4)5/h9-12,14-15,21H,6-8H2,1-5H3,(H,22,25)(H,28,29)/t9-,10-,11+,12+,14-,15-/m1/s1. The second kappa shape index (κ2) is 8.58. The number of thioether (sulfide) groups is 1. The fourth-order valence-electron chi connectivity index (χ4n) is 4.61. The molecular weight excluding hydrogens is 408 g/mol. The van der Waals surface area contributed by atoms with Crippen LogP contribution in [0.1, 0.15) is 33.6 Å². The number of carbonyl (C=O) groups excluding carboxylic acids is 3. The number of hydrogen-bond donors (Lipinski definition) is 3. The normalized spacial score (nSPS) is 31.3. The smallest absolute Gasteiger partial charge is 0.353 e. The summed E-state index contributed by atoms with van der Waals surface area (Å²) in [5.41, 5.74) is 0.0511. The summed E-state index contributed by atoms with van der Waals surface area (Å²) < 4.78 is 0. The summed E-state index contributed by atoms with van der Waals surface area (Å²) in [5, 5.41) is 15.9. The number of fused-ring (bicyclic) bond motifs is 1. The monoisotopic (exact) mass is 438 g/mol. The summed E-state index contributed by atoms with van der Waals surface area (Å²) in [6.45, 7) is 6.08. The first-order valence-electron chi connectivity index (χ1n) is 10.3. The number of hydrogen-bond acceptors (Lipinski definition) is 6. The van der Waals surface area contributed by atoms with E-state index in [1.165, 1.54) is 16.7 Å². The SMILES string of the molecule is CCC(=O)N[C@H](C)[C@H]1C(=O)N2C(C(=O)O)=C(S[C@@H]3CN[C@H](C(=O)N(C)C)C3)[C@H](C)[C@H]12. The van der Waals surface area contributed by atoms with Crippen molar-refractivity contribution in [2.75, 3.05) is 20.6 Å². The number of carboxylic acids is 1. The molecule has 3 heterocycles. The van der Waals surface area contributed by atoms with E-state index in [0.29, 0.717) is 24.3 Å². The van der Waals surface area contributed by atoms with E-state index in [-0.39, 0.29) is 52.7 Å². The molecule has 2 saturated heterocycles. The number of amides is 3. The molecule has 0 saturated carbocycles. The number of β-lactam (4-membered cyclic amide) rings is 1. The Hall–Kier alpha value is -2.07. The third kappa shape index (κ3) is 3.82. The van der Waals surface area contributed by atoms with E-state index >= 15 is 0 Å². The molecule has 10 heteroatoms. The topological polar surface area (TPSA) is 119 Å². The lowest BCUT2D eigenvalue weighted by Crippen LogP contribution is -2.66. The van der Waals surface area contributed by atoms with Crippen LogP contribution in [0, 0.1) is 11.8 Å². The number of nitrogens with zero attached hydrogens (tertiary/aromatic N) is 2. The lowest BCUT2D eigenvalue weighted by atomic mass is 9.78. The molecule has 3 aliphatic heterocycles. The molecule has 30 heavy (non-hydrogen) atoms. The van der Waals surface area contributed by atoms with Gasteiger partial charge in [0.25, 0.3) is 0 Å². The van der Waals surface area contributed by atoms with Gasteiger partial charge in [0.05, 0.1) is 18.0 Å². The molecule has 3 N–H and O–H groups in total. The molecule has 0 aromatic carbocycles. The largest absolute Gasteiger partial charge is 0.477 e. The van der Waals surface area contributed by atoms with Crippen molar-refractivity contribution in [3.05, 3.63) is 10.6 Å². The first-order valence-corrected chi connectivity index (χ1v) is 11.2. The van der Waals surface area contributed by atoms with Crippen LogP contribution in [0.3, 0.4) is 0 Å². The predicted molar refractivity (Wildman–Crippen MR) is 112 cm³/mol. The second-order valence-electron chi connectivity index (χ2n) is 8.41. The van der Waals surface area contributed by atoms with Gasteiger partial charge in [-0.2, -0.15) is 0 Å². The Morgan fingerprint density at radius 1 is 1.37 bits per heavy atom. The second-order valence-corrected chi connectivity index (χ2v) is 9.75. The molecule has 0 aliphatic carbocycles. The Labute approximate surface area is 180 Å². The highest BCUT2D eigenvalue weighted by molar-refractivity contribution is 8.03. The minimum atomic E-state index is -1.12. The zero-order valence-corrected chi connectivity index (χ0v) is 18.8. The van der Waals surface area contributed by atoms with E-state index in [0.717, 1.165) is 0 Å². The average Bonchev–Trinajstić information content (AvgIpc) is 3.23. The summed E-state index contributed by atoms with van der Waals surface area (Å²) in [6.07, 6.45) is 0.937. The van der Waals surface area contributed by atoms with Gasteiger partial charge in [-0.25, -0.2) is 4.79 Å². The Morgan fingerprint density at radius 2 is 2.03 bits per heavy atom. The van der Waals surface area contributed by atoms with Gasteiger partial charge in [0.15, 0.2) is 0 Å². The fraction of sp³-hybridized carbons (Fsp3) is 0.700. The molecular formula is C20H30N4O5S. The number of carbonyl (C=O) groups is 4. The fourth-order valence-corrected chi connectivity index (χ4v) is 6.09. The maximum absolute atomic E-state index is 12.8. The molecule has 3 rings (SSSR count). The molecule has 2 fully saturated rings. The first kappa shape index (κ1) is 22.6. The van der Waals surface area contributed by atoms with Crippen molar-refractivity contribution >= 4 is 35.5 Å². The van der Waals surface area contributed by atoms with Crippen molar-refractivity contribution in [3.8, 4) is 0 Å². The zero-order chi connectivity index (χ0) is 22.3. The molecule has 0 radical (unpaired) electrons. The molecule has 9 nitrogen and oxygen atoms in total. The van der Waals surface area contributed by atoms with E-state index in [1.807, 2.05) is 6.92 Å². The van der Waals surface area contributed by atoms with Gasteiger partial charge in [-0.05, 0) is 13.3 Å². The molecule has 0 bridgehead atoms. The third-order valence-corrected chi connectivity index (χ3v) is 7.67. The van der Waals surface area contributed by atoms with Crippen molar-refractivity contribution in [1.29, 1.82) is 0 Å². The quantitative estimate of drug-likeness (QED) is 0.487. The van der Waals surface area contributed by atoms with Gasteiger partial charge in [-0.3, -0.25) is 14.4 Å². The molecule has 0 spiro atoms. The first-order chi connectivity index (χ1) is 14.1. The van der Waals surface area contributed by atoms with Crippen LogP contribution < -0.4 is 10.6 Å². The van der Waals surface area contributed by atoms with Crippen LogP contribution in [0.25, 0.3) is 0 Å². The summed E-state index contributed by atoms with van der Waals surface area (Å²) in [4.78, 5) is 52.4. The molecule has 166 valence electrons. The van der Waals surface area contributed by atoms with Gasteiger partial charge in [0.1, 0.15) is 5.70 Å². The highest BCUT2D eigenvalue weighted by Crippen LogP contribution is 2.51. The predicted octanol–water partition coefficient (Wildman–Crippen LogP) is 0.226. The van der Waals surface area contributed by atoms with Crippen LogP contribution in [-0.4, -0.2) is 82.6 Å². The Balaban J connectivity index is 1.76. The average molecular weight is 439 g/mol. The third-order valence-electron chi connectivity index (χ3n) is 6.16. The lowest BCUT2D eigenvalue weighted by Gasteiger charge is -2.47. The van der Waals surface area contributed by atoms with E-state index in [1.54, 1.807) is 32.8 Å². The Kier molecular flexibility index (Phi) is 6.47. The summed E-state index contributed by atoms with van der Waals surface area (Å²) in [5.74, 6) is -2.08. The maximum Gasteiger partial charge on any atom is 0.353 e. The highest BCUT2D eigenvalue weighted by Gasteiger charge is 2.60. The number of likely N-dealkylation sites (N-methyl/N-ethyl adjacent to an activating group) is 1. The van der Waals surface area contributed by atoms with Gasteiger partial charge < -0.3 is 25.5 Å². The highest BCUT2D eigenvalue weighted by atomic mass is 32.2. The number of nitrogens with one attached hydrogen (secondary N) is 2. The van der Waals surface area contributed by atoms with Crippen molar-refractivity contribution in [1.82, 2.24) is 20.4 Å². The van der Waals surface area contributed by atoms with Gasteiger partial charge in [-0.15, -0.1) is 11.8 Å². The molecule has 6 atom stereocenters. The minimum Gasteiger partial charge on any atom is -0.477 e. The number of carboxylic acid groups (broad SMARTS) is 1. The summed E-state index contributed by atoms with van der Waals surface area (Å²) >= 11 is 1.46. The molecule has 3 aliphatic rings. The molecule has 0 aromatic rings. The van der Waals surface area contributed by atoms with Crippen LogP contribution in [0.2, 0.25) is 0 Å². The van der Waals surface area contributed by atoms with Gasteiger partial charge in [0, 0.05) is 49.2 Å². The molecule has 3 amide bonds. The van der Waals surface area contributed by atoms with Crippen molar-refractivity contribution in [3.63, 3.8) is 0 Å². The van der Waals surface area contributed by atoms with Crippen molar-refractivity contribution in [2.45, 2.75) is 57.0 Å². The Bertz CT molecular complexity index is 798. The van der Waals surface area contributed by atoms with E-state index in [4.69, 9.17) is 0 Å². The van der Waals surface area contributed by atoms with E-state index in [2.05, 4.69) is 10.6 Å². The lowest BCUT2D eigenvalue weighted by molar-refractivity contribution is -0.158. The summed E-state index contributed by atoms with van der Waals surface area (Å²) in [7, 11) is 3.42. The number of aliphatic carboxylic acids is 1. The van der Waals surface area contributed by atoms with Crippen LogP contribution in [-0.2, 0) is 19.2 Å². The van der Waals surface area contributed by atoms with E-state index in [9.17, 15) is 24.3 Å². The van der Waals surface area contributed by atoms with Crippen LogP contribution in [0.15, 0.2) is 10.6 Å². The van der Waals surface area contributed by atoms with Gasteiger partial charge >= 0.3 is 5.97 Å². The maximum atomic E-state index is 12.8. The molecule has 0 aromatic heterocycles. The number of rotatable bonds is 7. The van der Waals surface area contributed by atoms with Gasteiger partial charge in [-0.1, -0.05) is 13.8 Å². The van der Waals surface area contributed by atoms with Crippen molar-refractivity contribution in [2.24, 2.45) is 11.8 Å².